The normalized spacial score (nSPS) is 12.3. The Balaban J connectivity index is 2.24. The van der Waals surface area contributed by atoms with Gasteiger partial charge < -0.3 is 4.42 Å². The summed E-state index contributed by atoms with van der Waals surface area (Å²) in [6.07, 6.45) is 3.02. The van der Waals surface area contributed by atoms with Gasteiger partial charge in [0.1, 0.15) is 5.76 Å². The van der Waals surface area contributed by atoms with Gasteiger partial charge in [-0.3, -0.25) is 10.1 Å². The van der Waals surface area contributed by atoms with Gasteiger partial charge in [-0.2, -0.15) is 0 Å². The van der Waals surface area contributed by atoms with Gasteiger partial charge in [0.25, 0.3) is 5.69 Å². The summed E-state index contributed by atoms with van der Waals surface area (Å²) in [5.41, 5.74) is 1.94. The number of aryl methyl sites for hydroxylation is 1. The molecule has 0 amide bonds. The van der Waals surface area contributed by atoms with Crippen molar-refractivity contribution in [2.24, 2.45) is 0 Å². The highest BCUT2D eigenvalue weighted by Crippen LogP contribution is 2.33. The molecule has 2 rings (SSSR count). The molecule has 0 aliphatic heterocycles. The molecule has 0 aliphatic carbocycles. The van der Waals surface area contributed by atoms with E-state index < -0.39 is 0 Å². The van der Waals surface area contributed by atoms with Crippen molar-refractivity contribution in [1.82, 2.24) is 0 Å². The molecule has 0 N–H and O–H groups in total. The van der Waals surface area contributed by atoms with E-state index in [0.29, 0.717) is 6.42 Å². The lowest BCUT2D eigenvalue weighted by Gasteiger charge is -2.10. The van der Waals surface area contributed by atoms with Crippen LogP contribution >= 0.6 is 15.9 Å². The van der Waals surface area contributed by atoms with E-state index in [9.17, 15) is 10.1 Å². The number of hydrogen-bond acceptors (Lipinski definition) is 3. The summed E-state index contributed by atoms with van der Waals surface area (Å²) in [5.74, 6) is 0.917. The molecule has 2 aromatic rings. The van der Waals surface area contributed by atoms with Crippen molar-refractivity contribution < 1.29 is 9.34 Å². The first-order chi connectivity index (χ1) is 9.13. The largest absolute Gasteiger partial charge is 0.469 e. The van der Waals surface area contributed by atoms with Crippen LogP contribution in [0.4, 0.5) is 5.69 Å². The number of hydrogen-bond donors (Lipinski definition) is 0. The Kier molecular flexibility index (Phi) is 4.37. The molecule has 0 spiro atoms. The maximum atomic E-state index is 11.0. The van der Waals surface area contributed by atoms with Crippen molar-refractivity contribution in [2.75, 3.05) is 0 Å². The monoisotopic (exact) mass is 323 g/mol. The predicted octanol–water partition coefficient (Wildman–Crippen LogP) is 4.43. The van der Waals surface area contributed by atoms with E-state index in [1.54, 1.807) is 18.4 Å². The van der Waals surface area contributed by atoms with Crippen molar-refractivity contribution in [1.29, 1.82) is 0 Å². The molecule has 1 atom stereocenters. The van der Waals surface area contributed by atoms with Crippen LogP contribution in [0.5, 0.6) is 0 Å². The van der Waals surface area contributed by atoms with Crippen LogP contribution in [0.25, 0.3) is 0 Å². The molecule has 0 aliphatic rings. The second-order valence-corrected chi connectivity index (χ2v) is 5.32. The second kappa shape index (κ2) is 6.02. The molecular weight excluding hydrogens is 310 g/mol. The van der Waals surface area contributed by atoms with Crippen LogP contribution in [0, 0.1) is 10.1 Å². The number of halogens is 1. The molecule has 1 heterocycles. The Labute approximate surface area is 119 Å². The zero-order valence-corrected chi connectivity index (χ0v) is 12.1. The van der Waals surface area contributed by atoms with E-state index in [1.807, 2.05) is 19.1 Å². The molecule has 100 valence electrons. The van der Waals surface area contributed by atoms with Gasteiger partial charge in [-0.05, 0) is 12.5 Å². The van der Waals surface area contributed by atoms with E-state index in [4.69, 9.17) is 4.42 Å². The minimum Gasteiger partial charge on any atom is -0.469 e. The maximum Gasteiger partial charge on any atom is 0.272 e. The summed E-state index contributed by atoms with van der Waals surface area (Å²) in [4.78, 5) is 10.7. The van der Waals surface area contributed by atoms with Crippen molar-refractivity contribution in [2.45, 2.75) is 24.6 Å². The fraction of sp³-hybridized carbons (Fsp3) is 0.286. The fourth-order valence-electron chi connectivity index (χ4n) is 2.08. The third-order valence-electron chi connectivity index (χ3n) is 3.03. The number of furan rings is 1. The molecule has 19 heavy (non-hydrogen) atoms. The molecule has 4 nitrogen and oxygen atoms in total. The van der Waals surface area contributed by atoms with Gasteiger partial charge in [0.2, 0.25) is 0 Å². The van der Waals surface area contributed by atoms with Gasteiger partial charge in [-0.25, -0.2) is 0 Å². The highest BCUT2D eigenvalue weighted by Gasteiger charge is 2.19. The molecule has 0 bridgehead atoms. The SMILES string of the molecule is CCc1occc1C(Br)Cc1ccccc1[N+](=O)[O-]. The fourth-order valence-corrected chi connectivity index (χ4v) is 2.84. The lowest BCUT2D eigenvalue weighted by atomic mass is 10.0. The van der Waals surface area contributed by atoms with Gasteiger partial charge in [0.05, 0.1) is 11.2 Å². The molecule has 0 fully saturated rings. The number of alkyl halides is 1. The Bertz CT molecular complexity index is 580. The Morgan fingerprint density at radius 3 is 2.79 bits per heavy atom. The van der Waals surface area contributed by atoms with Crippen molar-refractivity contribution in [3.8, 4) is 0 Å². The Morgan fingerprint density at radius 2 is 2.11 bits per heavy atom. The first-order valence-electron chi connectivity index (χ1n) is 6.06. The first kappa shape index (κ1) is 13.8. The lowest BCUT2D eigenvalue weighted by molar-refractivity contribution is -0.385. The minimum atomic E-state index is -0.342. The van der Waals surface area contributed by atoms with Crippen LogP contribution in [0.2, 0.25) is 0 Å². The maximum absolute atomic E-state index is 11.0. The van der Waals surface area contributed by atoms with E-state index in [2.05, 4.69) is 15.9 Å². The van der Waals surface area contributed by atoms with Crippen LogP contribution < -0.4 is 0 Å². The average molecular weight is 324 g/mol. The Hall–Kier alpha value is -1.62. The molecule has 0 radical (unpaired) electrons. The topological polar surface area (TPSA) is 56.3 Å². The van der Waals surface area contributed by atoms with Crippen LogP contribution in [0.15, 0.2) is 41.0 Å². The van der Waals surface area contributed by atoms with Crippen LogP contribution in [0.1, 0.15) is 28.6 Å². The first-order valence-corrected chi connectivity index (χ1v) is 6.97. The van der Waals surface area contributed by atoms with E-state index in [0.717, 1.165) is 23.3 Å². The van der Waals surface area contributed by atoms with Gasteiger partial charge >= 0.3 is 0 Å². The molecule has 1 unspecified atom stereocenters. The number of benzene rings is 1. The summed E-state index contributed by atoms with van der Waals surface area (Å²) in [6.45, 7) is 2.02. The molecule has 5 heteroatoms. The number of nitro groups is 1. The molecule has 0 saturated carbocycles. The predicted molar refractivity (Wildman–Crippen MR) is 76.6 cm³/mol. The van der Waals surface area contributed by atoms with Crippen molar-refractivity contribution in [3.63, 3.8) is 0 Å². The summed E-state index contributed by atoms with van der Waals surface area (Å²) in [7, 11) is 0. The van der Waals surface area contributed by atoms with E-state index in [-0.39, 0.29) is 15.4 Å². The van der Waals surface area contributed by atoms with E-state index >= 15 is 0 Å². The smallest absolute Gasteiger partial charge is 0.272 e. The van der Waals surface area contributed by atoms with E-state index in [1.165, 1.54) is 6.07 Å². The average Bonchev–Trinajstić information content (AvgIpc) is 2.87. The third kappa shape index (κ3) is 3.04. The van der Waals surface area contributed by atoms with Crippen LogP contribution in [-0.4, -0.2) is 4.92 Å². The van der Waals surface area contributed by atoms with Gasteiger partial charge in [-0.1, -0.05) is 41.1 Å². The zero-order valence-electron chi connectivity index (χ0n) is 10.5. The number of nitrogens with zero attached hydrogens (tertiary/aromatic N) is 1. The summed E-state index contributed by atoms with van der Waals surface area (Å²) in [6, 6.07) is 8.73. The minimum absolute atomic E-state index is 0.0160. The van der Waals surface area contributed by atoms with Crippen LogP contribution in [0.3, 0.4) is 0 Å². The lowest BCUT2D eigenvalue weighted by Crippen LogP contribution is -2.00. The second-order valence-electron chi connectivity index (χ2n) is 4.21. The number of nitro benzene ring substituents is 1. The summed E-state index contributed by atoms with van der Waals surface area (Å²) >= 11 is 3.59. The highest BCUT2D eigenvalue weighted by atomic mass is 79.9. The Morgan fingerprint density at radius 1 is 1.37 bits per heavy atom. The highest BCUT2D eigenvalue weighted by molar-refractivity contribution is 9.09. The number of rotatable bonds is 5. The van der Waals surface area contributed by atoms with Gasteiger partial charge in [0, 0.05) is 28.4 Å². The van der Waals surface area contributed by atoms with Crippen molar-refractivity contribution >= 4 is 21.6 Å². The van der Waals surface area contributed by atoms with Crippen molar-refractivity contribution in [3.05, 3.63) is 63.6 Å². The molecule has 0 saturated heterocycles. The standard InChI is InChI=1S/C14H14BrNO3/c1-2-14-11(7-8-19-14)12(15)9-10-5-3-4-6-13(10)16(17)18/h3-8,12H,2,9H2,1H3. The molecular formula is C14H14BrNO3. The molecule has 1 aromatic heterocycles. The summed E-state index contributed by atoms with van der Waals surface area (Å²) < 4.78 is 5.39. The van der Waals surface area contributed by atoms with Gasteiger partial charge in [0.15, 0.2) is 0 Å². The third-order valence-corrected chi connectivity index (χ3v) is 3.84. The van der Waals surface area contributed by atoms with Gasteiger partial charge in [-0.15, -0.1) is 0 Å². The molecule has 1 aromatic carbocycles. The summed E-state index contributed by atoms with van der Waals surface area (Å²) in [5, 5.41) is 11.0. The quantitative estimate of drug-likeness (QED) is 0.464. The number of para-hydroxylation sites is 1. The van der Waals surface area contributed by atoms with Crippen LogP contribution in [-0.2, 0) is 12.8 Å². The zero-order chi connectivity index (χ0) is 13.8.